The summed E-state index contributed by atoms with van der Waals surface area (Å²) in [6.07, 6.45) is 5.02. The second kappa shape index (κ2) is 6.30. The van der Waals surface area contributed by atoms with E-state index in [1.165, 1.54) is 6.07 Å². The van der Waals surface area contributed by atoms with E-state index in [2.05, 4.69) is 16.6 Å². The summed E-state index contributed by atoms with van der Waals surface area (Å²) in [7, 11) is 0. The smallest absolute Gasteiger partial charge is 0.248 e. The van der Waals surface area contributed by atoms with Crippen LogP contribution >= 0.6 is 0 Å². The number of terminal acetylenes is 1. The van der Waals surface area contributed by atoms with E-state index >= 15 is 0 Å². The van der Waals surface area contributed by atoms with E-state index in [4.69, 9.17) is 12.2 Å². The van der Waals surface area contributed by atoms with Gasteiger partial charge in [0.15, 0.2) is 0 Å². The quantitative estimate of drug-likeness (QED) is 0.490. The Kier molecular flexibility index (Phi) is 4.73. The normalized spacial score (nSPS) is 9.35. The van der Waals surface area contributed by atoms with Gasteiger partial charge in [0.25, 0.3) is 0 Å². The molecule has 4 N–H and O–H groups in total. The average molecular weight is 231 g/mol. The van der Waals surface area contributed by atoms with E-state index in [1.54, 1.807) is 18.2 Å². The summed E-state index contributed by atoms with van der Waals surface area (Å²) in [5.74, 6) is 1.59. The second-order valence-electron chi connectivity index (χ2n) is 3.30. The van der Waals surface area contributed by atoms with E-state index in [9.17, 15) is 9.59 Å². The van der Waals surface area contributed by atoms with Crippen LogP contribution in [-0.4, -0.2) is 24.9 Å². The molecule has 0 saturated carbocycles. The molecule has 0 aliphatic heterocycles. The Morgan fingerprint density at radius 3 is 2.82 bits per heavy atom. The van der Waals surface area contributed by atoms with Crippen molar-refractivity contribution < 1.29 is 9.59 Å². The summed E-state index contributed by atoms with van der Waals surface area (Å²) in [6.45, 7) is 0.444. The molecule has 0 aliphatic rings. The van der Waals surface area contributed by atoms with Gasteiger partial charge in [-0.1, -0.05) is 12.0 Å². The third-order valence-electron chi connectivity index (χ3n) is 1.94. The van der Waals surface area contributed by atoms with Crippen LogP contribution in [0.15, 0.2) is 24.3 Å². The lowest BCUT2D eigenvalue weighted by Gasteiger charge is -2.06. The first-order chi connectivity index (χ1) is 8.13. The second-order valence-corrected chi connectivity index (χ2v) is 3.30. The number of anilines is 1. The third kappa shape index (κ3) is 4.36. The van der Waals surface area contributed by atoms with Crippen LogP contribution in [0.4, 0.5) is 5.69 Å². The molecule has 0 radical (unpaired) electrons. The molecule has 0 spiro atoms. The van der Waals surface area contributed by atoms with Crippen LogP contribution in [0.2, 0.25) is 0 Å². The number of nitrogens with one attached hydrogen (secondary N) is 2. The third-order valence-corrected chi connectivity index (χ3v) is 1.94. The summed E-state index contributed by atoms with van der Waals surface area (Å²) in [5, 5.41) is 5.37. The molecule has 0 heterocycles. The molecule has 0 bridgehead atoms. The highest BCUT2D eigenvalue weighted by Gasteiger charge is 2.04. The monoisotopic (exact) mass is 231 g/mol. The van der Waals surface area contributed by atoms with Crippen molar-refractivity contribution in [1.29, 1.82) is 0 Å². The van der Waals surface area contributed by atoms with Gasteiger partial charge in [-0.15, -0.1) is 6.42 Å². The van der Waals surface area contributed by atoms with Crippen molar-refractivity contribution in [2.24, 2.45) is 5.73 Å². The first-order valence-electron chi connectivity index (χ1n) is 4.97. The standard InChI is InChI=1S/C12H13N3O2/c1-2-6-14-8-11(16)15-10-5-3-4-9(7-10)12(13)17/h1,3-5,7,14H,6,8H2,(H2,13,17)(H,15,16). The number of carbonyl (C=O) groups excluding carboxylic acids is 2. The van der Waals surface area contributed by atoms with Crippen molar-refractivity contribution in [3.63, 3.8) is 0 Å². The van der Waals surface area contributed by atoms with Gasteiger partial charge in [0.2, 0.25) is 11.8 Å². The molecule has 17 heavy (non-hydrogen) atoms. The summed E-state index contributed by atoms with van der Waals surface area (Å²) in [5.41, 5.74) is 5.99. The predicted molar refractivity (Wildman–Crippen MR) is 65.3 cm³/mol. The van der Waals surface area contributed by atoms with Gasteiger partial charge in [-0.05, 0) is 18.2 Å². The Labute approximate surface area is 99.4 Å². The molecule has 0 unspecified atom stereocenters. The number of amides is 2. The lowest BCUT2D eigenvalue weighted by molar-refractivity contribution is -0.115. The van der Waals surface area contributed by atoms with Gasteiger partial charge in [-0.2, -0.15) is 0 Å². The summed E-state index contributed by atoms with van der Waals surface area (Å²) < 4.78 is 0. The first-order valence-corrected chi connectivity index (χ1v) is 4.97. The largest absolute Gasteiger partial charge is 0.366 e. The summed E-state index contributed by atoms with van der Waals surface area (Å²) >= 11 is 0. The van der Waals surface area contributed by atoms with Gasteiger partial charge in [-0.25, -0.2) is 0 Å². The number of benzene rings is 1. The number of rotatable bonds is 5. The van der Waals surface area contributed by atoms with Gasteiger partial charge < -0.3 is 11.1 Å². The van der Waals surface area contributed by atoms with Crippen LogP contribution in [0, 0.1) is 12.3 Å². The number of hydrogen-bond acceptors (Lipinski definition) is 3. The minimum Gasteiger partial charge on any atom is -0.366 e. The SMILES string of the molecule is C#CCNCC(=O)Nc1cccc(C(N)=O)c1. The molecule has 88 valence electrons. The maximum atomic E-state index is 11.4. The molecule has 0 atom stereocenters. The van der Waals surface area contributed by atoms with E-state index < -0.39 is 5.91 Å². The molecule has 0 aromatic heterocycles. The van der Waals surface area contributed by atoms with Gasteiger partial charge in [0, 0.05) is 11.3 Å². The van der Waals surface area contributed by atoms with Crippen LogP contribution < -0.4 is 16.4 Å². The van der Waals surface area contributed by atoms with E-state index in [-0.39, 0.29) is 12.5 Å². The molecule has 1 aromatic rings. The van der Waals surface area contributed by atoms with Crippen LogP contribution in [0.25, 0.3) is 0 Å². The number of nitrogens with two attached hydrogens (primary N) is 1. The Morgan fingerprint density at radius 2 is 2.18 bits per heavy atom. The zero-order valence-electron chi connectivity index (χ0n) is 9.19. The van der Waals surface area contributed by atoms with Crippen LogP contribution in [0.1, 0.15) is 10.4 Å². The molecule has 1 aromatic carbocycles. The predicted octanol–water partition coefficient (Wildman–Crippen LogP) is -0.0532. The van der Waals surface area contributed by atoms with E-state index in [0.29, 0.717) is 17.8 Å². The molecule has 0 saturated heterocycles. The molecule has 0 aliphatic carbocycles. The molecule has 5 nitrogen and oxygen atoms in total. The maximum Gasteiger partial charge on any atom is 0.248 e. The lowest BCUT2D eigenvalue weighted by Crippen LogP contribution is -2.28. The zero-order chi connectivity index (χ0) is 12.7. The summed E-state index contributed by atoms with van der Waals surface area (Å²) in [4.78, 5) is 22.3. The fourth-order valence-corrected chi connectivity index (χ4v) is 1.20. The average Bonchev–Trinajstić information content (AvgIpc) is 2.29. The Balaban J connectivity index is 2.57. The first kappa shape index (κ1) is 12.7. The Hall–Kier alpha value is -2.32. The minimum atomic E-state index is -0.536. The summed E-state index contributed by atoms with van der Waals surface area (Å²) in [6, 6.07) is 6.41. The molecular weight excluding hydrogens is 218 g/mol. The van der Waals surface area contributed by atoms with Crippen molar-refractivity contribution in [2.75, 3.05) is 18.4 Å². The fraction of sp³-hybridized carbons (Fsp3) is 0.167. The highest BCUT2D eigenvalue weighted by molar-refractivity contribution is 5.96. The zero-order valence-corrected chi connectivity index (χ0v) is 9.19. The van der Waals surface area contributed by atoms with Gasteiger partial charge in [0.1, 0.15) is 0 Å². The van der Waals surface area contributed by atoms with Crippen LogP contribution in [0.3, 0.4) is 0 Å². The van der Waals surface area contributed by atoms with Gasteiger partial charge in [0.05, 0.1) is 13.1 Å². The molecular formula is C12H13N3O2. The van der Waals surface area contributed by atoms with Crippen LogP contribution in [0.5, 0.6) is 0 Å². The number of primary amides is 1. The number of carbonyl (C=O) groups is 2. The molecule has 0 fully saturated rings. The Bertz CT molecular complexity index is 463. The highest BCUT2D eigenvalue weighted by atomic mass is 16.2. The molecule has 2 amide bonds. The van der Waals surface area contributed by atoms with Crippen molar-refractivity contribution in [3.05, 3.63) is 29.8 Å². The lowest BCUT2D eigenvalue weighted by atomic mass is 10.2. The van der Waals surface area contributed by atoms with Crippen molar-refractivity contribution >= 4 is 17.5 Å². The molecule has 1 rings (SSSR count). The van der Waals surface area contributed by atoms with E-state index in [1.807, 2.05) is 0 Å². The Morgan fingerprint density at radius 1 is 1.41 bits per heavy atom. The fourth-order valence-electron chi connectivity index (χ4n) is 1.20. The van der Waals surface area contributed by atoms with Crippen LogP contribution in [-0.2, 0) is 4.79 Å². The molecule has 5 heteroatoms. The highest BCUT2D eigenvalue weighted by Crippen LogP contribution is 2.09. The van der Waals surface area contributed by atoms with Crippen molar-refractivity contribution in [1.82, 2.24) is 5.32 Å². The van der Waals surface area contributed by atoms with Crippen molar-refractivity contribution in [3.8, 4) is 12.3 Å². The van der Waals surface area contributed by atoms with Gasteiger partial charge in [-0.3, -0.25) is 14.9 Å². The van der Waals surface area contributed by atoms with E-state index in [0.717, 1.165) is 0 Å². The van der Waals surface area contributed by atoms with Crippen molar-refractivity contribution in [2.45, 2.75) is 0 Å². The number of hydrogen-bond donors (Lipinski definition) is 3. The minimum absolute atomic E-state index is 0.116. The maximum absolute atomic E-state index is 11.4. The van der Waals surface area contributed by atoms with Gasteiger partial charge >= 0.3 is 0 Å². The topological polar surface area (TPSA) is 84.2 Å².